The summed E-state index contributed by atoms with van der Waals surface area (Å²) in [5, 5.41) is 34.1. The number of hydrogen-bond acceptors (Lipinski definition) is 23. The predicted octanol–water partition coefficient (Wildman–Crippen LogP) is 14.5. The summed E-state index contributed by atoms with van der Waals surface area (Å²) in [6.07, 6.45) is 30.3. The van der Waals surface area contributed by atoms with Gasteiger partial charge in [-0.3, -0.25) is 28.3 Å². The van der Waals surface area contributed by atoms with Crippen LogP contribution >= 0.6 is 0 Å². The number of aromatic nitrogens is 19. The number of carbonyl (C=O) groups is 4. The van der Waals surface area contributed by atoms with Gasteiger partial charge in [0.15, 0.2) is 33.9 Å². The molecule has 0 spiro atoms. The van der Waals surface area contributed by atoms with Gasteiger partial charge in [-0.1, -0.05) is 32.0 Å². The molecule has 4 amide bonds. The molecule has 22 heterocycles. The summed E-state index contributed by atoms with van der Waals surface area (Å²) in [5.74, 6) is 6.74. The Morgan fingerprint density at radius 3 is 1.33 bits per heavy atom. The number of rotatable bonds is 13. The van der Waals surface area contributed by atoms with Crippen molar-refractivity contribution in [2.75, 3.05) is 116 Å². The van der Waals surface area contributed by atoms with E-state index in [-0.39, 0.29) is 65.7 Å². The van der Waals surface area contributed by atoms with Crippen molar-refractivity contribution < 1.29 is 23.6 Å². The summed E-state index contributed by atoms with van der Waals surface area (Å²) in [7, 11) is 1.88. The van der Waals surface area contributed by atoms with Gasteiger partial charge in [-0.25, -0.2) is 47.4 Å². The molecule has 138 heavy (non-hydrogen) atoms. The number of nitrogens with two attached hydrogens (primary N) is 2. The second-order valence-corrected chi connectivity index (χ2v) is 40.0. The monoisotopic (exact) mass is 1870 g/mol. The fourth-order valence-electron chi connectivity index (χ4n) is 22.5. The first-order valence-corrected chi connectivity index (χ1v) is 49.9. The zero-order chi connectivity index (χ0) is 95.0. The van der Waals surface area contributed by atoms with Crippen LogP contribution < -0.4 is 36.0 Å². The van der Waals surface area contributed by atoms with E-state index in [9.17, 15) is 23.6 Å². The number of nitrogens with zero attached hydrogens (tertiary/aromatic N) is 27. The van der Waals surface area contributed by atoms with Crippen molar-refractivity contribution in [3.8, 4) is 0 Å². The Labute approximate surface area is 800 Å². The Morgan fingerprint density at radius 2 is 0.862 bits per heavy atom. The molecule has 0 saturated carbocycles. The van der Waals surface area contributed by atoms with Crippen LogP contribution in [0.3, 0.4) is 0 Å². The van der Waals surface area contributed by atoms with Crippen molar-refractivity contribution in [3.63, 3.8) is 0 Å². The quantitative estimate of drug-likeness (QED) is 0.0965. The highest BCUT2D eigenvalue weighted by Gasteiger charge is 2.40. The number of piperidine rings is 4. The lowest BCUT2D eigenvalue weighted by Gasteiger charge is -2.35. The molecule has 13 aromatic heterocycles. The second-order valence-electron chi connectivity index (χ2n) is 40.0. The summed E-state index contributed by atoms with van der Waals surface area (Å²) < 4.78 is 24.9. The zero-order valence-electron chi connectivity index (χ0n) is 80.6. The van der Waals surface area contributed by atoms with Gasteiger partial charge in [0, 0.05) is 216 Å². The van der Waals surface area contributed by atoms with Crippen molar-refractivity contribution in [2.45, 2.75) is 207 Å². The van der Waals surface area contributed by atoms with E-state index in [4.69, 9.17) is 51.8 Å². The van der Waals surface area contributed by atoms with Crippen LogP contribution in [-0.4, -0.2) is 240 Å². The van der Waals surface area contributed by atoms with Crippen LogP contribution in [0.1, 0.15) is 252 Å². The number of pyridine rings is 2. The van der Waals surface area contributed by atoms with Crippen molar-refractivity contribution >= 4 is 103 Å². The normalized spacial score (nSPS) is 21.6. The molecule has 35 heteroatoms. The highest BCUT2D eigenvalue weighted by molar-refractivity contribution is 6.05. The van der Waals surface area contributed by atoms with Gasteiger partial charge in [0.1, 0.15) is 46.4 Å². The molecule has 718 valence electrons. The maximum absolute atomic E-state index is 13.8. The van der Waals surface area contributed by atoms with Gasteiger partial charge < -0.3 is 60.6 Å². The summed E-state index contributed by atoms with van der Waals surface area (Å²) in [6.45, 7) is 29.2. The molecule has 15 aromatic rings. The van der Waals surface area contributed by atoms with Crippen LogP contribution in [0.5, 0.6) is 0 Å². The van der Waals surface area contributed by atoms with Crippen LogP contribution in [-0.2, 0) is 7.05 Å². The van der Waals surface area contributed by atoms with Gasteiger partial charge in [0.2, 0.25) is 0 Å². The number of aromatic amines is 1. The van der Waals surface area contributed by atoms with Crippen LogP contribution in [0.2, 0.25) is 0 Å². The number of benzene rings is 2. The Balaban J connectivity index is 0.000000110. The smallest absolute Gasteiger partial charge is 0.275 e. The lowest BCUT2D eigenvalue weighted by atomic mass is 9.98. The topological polar surface area (TPSA) is 347 Å². The van der Waals surface area contributed by atoms with Gasteiger partial charge >= 0.3 is 0 Å². The minimum absolute atomic E-state index is 0.0179. The number of anilines is 5. The molecule has 9 aliphatic heterocycles. The first-order valence-electron chi connectivity index (χ1n) is 49.9. The molecule has 0 bridgehead atoms. The number of likely N-dealkylation sites (tertiary alicyclic amines) is 4. The Kier molecular flexibility index (Phi) is 25.1. The number of aryl methyl sites for hydroxylation is 7. The minimum atomic E-state index is -0.301. The van der Waals surface area contributed by atoms with E-state index in [2.05, 4.69) is 116 Å². The molecule has 24 rings (SSSR count). The average molecular weight is 1870 g/mol. The molecular formula is C103H125FN30O4. The zero-order valence-corrected chi connectivity index (χ0v) is 80.6. The second kappa shape index (κ2) is 38.1. The van der Waals surface area contributed by atoms with E-state index < -0.39 is 0 Å². The van der Waals surface area contributed by atoms with Gasteiger partial charge in [-0.15, -0.1) is 10.2 Å². The largest absolute Gasteiger partial charge is 0.357 e. The predicted molar refractivity (Wildman–Crippen MR) is 530 cm³/mol. The van der Waals surface area contributed by atoms with Gasteiger partial charge in [0.25, 0.3) is 23.6 Å². The Morgan fingerprint density at radius 1 is 0.420 bits per heavy atom. The molecule has 9 saturated heterocycles. The first-order chi connectivity index (χ1) is 66.9. The fourth-order valence-corrected chi connectivity index (χ4v) is 22.5. The maximum Gasteiger partial charge on any atom is 0.275 e. The molecule has 34 nitrogen and oxygen atoms in total. The number of nitrogens with one attached hydrogen (secondary N) is 1. The number of amides is 4. The van der Waals surface area contributed by atoms with E-state index in [0.29, 0.717) is 59.6 Å². The van der Waals surface area contributed by atoms with E-state index in [1.54, 1.807) is 16.9 Å². The standard InChI is InChI=1S/C27H31FN6O.C26H34N8O.2C25H30N8O/c1-16-9-11-32(14-16)26-17(2)15-34-24(30-26)13-22(31-34)23-6-4-5-10-33(23)27(35)25-18(3)20-12-19(28)7-8-21(20)29-25;1-18-16-34-24(29-25(18)32-13-8-20(27)17-32)15-21(30-34)22-6-2-3-12-33(22)26(35)19-7-9-28-23(14-19)31-10-4-5-11-31;1-16-9-12-30(14-16)23-17(2)15-33-22(26-23)13-20(29-33)21-8-4-5-10-32(21)25(34)19-7-6-11-31-18(3)27-28-24(19)31;1-16-14-33-22(27-24(16)31-12-10-17(26)15-31)13-19(28-33)21-9-5-6-11-32(21)25(34)23-18-7-3-4-8-20(18)30(2)29-23/h7-8,12-13,15-16,23,29H,4-6,9-11,14H2,1-3H3;7,9,14-16,20,22H,2-6,8,10-13,17,27H2,1H3;6-7,11,13,15-16,21H,4-5,8-10,12,14H2,1-3H3;3-4,7-8,13-14,17,21H,5-6,9-12,15,26H2,1-2H3/t16-,23-;20-,22-;16-,21-;17-,21-/m0000/s1. The third-order valence-electron chi connectivity index (χ3n) is 29.9. The van der Waals surface area contributed by atoms with Crippen LogP contribution in [0.25, 0.3) is 50.0 Å². The average Bonchev–Trinajstić information content (AvgIpc) is 1.87. The van der Waals surface area contributed by atoms with Gasteiger partial charge in [-0.2, -0.15) is 25.5 Å². The van der Waals surface area contributed by atoms with E-state index in [1.165, 1.54) is 37.8 Å². The lowest BCUT2D eigenvalue weighted by molar-refractivity contribution is 0.0593. The van der Waals surface area contributed by atoms with Crippen molar-refractivity contribution in [1.82, 2.24) is 112 Å². The summed E-state index contributed by atoms with van der Waals surface area (Å²) in [5.41, 5.74) is 28.9. The number of halogens is 1. The van der Waals surface area contributed by atoms with E-state index in [0.717, 1.165) is 292 Å². The molecule has 5 N–H and O–H groups in total. The Bertz CT molecular complexity index is 7110. The lowest BCUT2D eigenvalue weighted by Crippen LogP contribution is -2.39. The number of para-hydroxylation sites is 1. The number of carbonyl (C=O) groups excluding carboxylic acids is 4. The highest BCUT2D eigenvalue weighted by atomic mass is 19.1. The summed E-state index contributed by atoms with van der Waals surface area (Å²) >= 11 is 0. The molecule has 0 aliphatic carbocycles. The molecular weight excluding hydrogens is 1740 g/mol. The SMILES string of the molecule is Cc1cn2nc([C@@H]3CCCCN3C(=O)c3[nH]c4ccc(F)cc4c3C)cc2nc1N1CC[C@H](C)C1.Cc1cn2nc([C@@H]3CCCCN3C(=O)c3cccn4c(C)nnc34)cc2nc1N1CC[C@H](C)C1.Cc1cn2nc([C@@H]3CCCCN3C(=O)c3ccnc(N4CCCC4)c3)cc2nc1N1CC[C@H](N)C1.Cc1cn2nc([C@@H]3CCCCN3C(=O)c3nn(C)c4ccccc34)cc2nc1N1CC[C@H](N)C1. The third kappa shape index (κ3) is 17.8. The number of H-pyrrole nitrogens is 1. The molecule has 0 unspecified atom stereocenters. The molecule has 2 aromatic carbocycles. The molecule has 9 aliphatic rings. The van der Waals surface area contributed by atoms with Gasteiger partial charge in [-0.05, 0) is 223 Å². The molecule has 9 fully saturated rings. The highest BCUT2D eigenvalue weighted by Crippen LogP contribution is 2.41. The van der Waals surface area contributed by atoms with Crippen molar-refractivity contribution in [3.05, 3.63) is 213 Å². The first kappa shape index (κ1) is 90.9. The number of hydrogen-bond donors (Lipinski definition) is 3. The van der Waals surface area contributed by atoms with Gasteiger partial charge in [0.05, 0.1) is 58.0 Å². The minimum Gasteiger partial charge on any atom is -0.357 e. The maximum atomic E-state index is 13.8. The fraction of sp³-hybridized carbons (Fsp3) is 0.476. The van der Waals surface area contributed by atoms with E-state index in [1.807, 2.05) is 142 Å². The summed E-state index contributed by atoms with van der Waals surface area (Å²) in [4.78, 5) is 102. The van der Waals surface area contributed by atoms with Crippen molar-refractivity contribution in [2.24, 2.45) is 30.4 Å². The molecule has 0 radical (unpaired) electrons. The summed E-state index contributed by atoms with van der Waals surface area (Å²) in [6, 6.07) is 28.2. The molecule has 8 atom stereocenters. The Hall–Kier alpha value is -13.6. The number of fused-ring (bicyclic) bond motifs is 7. The van der Waals surface area contributed by atoms with Crippen LogP contribution in [0.4, 0.5) is 33.5 Å². The van der Waals surface area contributed by atoms with Crippen LogP contribution in [0, 0.1) is 59.2 Å². The van der Waals surface area contributed by atoms with Crippen LogP contribution in [0.15, 0.2) is 128 Å². The van der Waals surface area contributed by atoms with Crippen molar-refractivity contribution in [1.29, 1.82) is 0 Å². The van der Waals surface area contributed by atoms with E-state index >= 15 is 0 Å². The third-order valence-corrected chi connectivity index (χ3v) is 29.9.